The highest BCUT2D eigenvalue weighted by Crippen LogP contribution is 2.20. The summed E-state index contributed by atoms with van der Waals surface area (Å²) in [7, 11) is 1.94. The van der Waals surface area contributed by atoms with Crippen LogP contribution in [-0.4, -0.2) is 4.57 Å². The van der Waals surface area contributed by atoms with E-state index in [1.807, 2.05) is 41.9 Å². The van der Waals surface area contributed by atoms with Crippen molar-refractivity contribution >= 4 is 33.4 Å². The van der Waals surface area contributed by atoms with Gasteiger partial charge in [0.25, 0.3) is 0 Å². The predicted octanol–water partition coefficient (Wildman–Crippen LogP) is 3.35. The summed E-state index contributed by atoms with van der Waals surface area (Å²) in [6, 6.07) is 13.0. The number of nitrogens with zero attached hydrogens (tertiary/aromatic N) is 1. The van der Waals surface area contributed by atoms with Crippen LogP contribution >= 0.6 is 11.6 Å². The molecule has 1 aromatic heterocycles. The second-order valence-corrected chi connectivity index (χ2v) is 4.50. The lowest BCUT2D eigenvalue weighted by Crippen LogP contribution is -2.08. The molecule has 2 nitrogen and oxygen atoms in total. The number of para-hydroxylation sites is 1. The molecule has 2 aromatic carbocycles. The Morgan fingerprint density at radius 2 is 1.71 bits per heavy atom. The van der Waals surface area contributed by atoms with Crippen LogP contribution in [-0.2, 0) is 7.05 Å². The molecular weight excluding hydrogens is 234 g/mol. The van der Waals surface area contributed by atoms with Crippen LogP contribution in [0, 0.1) is 0 Å². The fraction of sp³-hybridized carbons (Fsp3) is 0.0714. The predicted molar refractivity (Wildman–Crippen MR) is 71.7 cm³/mol. The zero-order valence-electron chi connectivity index (χ0n) is 9.27. The van der Waals surface area contributed by atoms with Gasteiger partial charge in [-0.25, -0.2) is 0 Å². The van der Waals surface area contributed by atoms with Crippen LogP contribution in [0.5, 0.6) is 0 Å². The number of hydrogen-bond acceptors (Lipinski definition) is 1. The molecule has 0 saturated heterocycles. The molecule has 3 rings (SSSR count). The lowest BCUT2D eigenvalue weighted by Gasteiger charge is -2.10. The van der Waals surface area contributed by atoms with Crippen molar-refractivity contribution in [2.75, 3.05) is 0 Å². The van der Waals surface area contributed by atoms with Gasteiger partial charge in [0, 0.05) is 22.8 Å². The fourth-order valence-corrected chi connectivity index (χ4v) is 2.37. The zero-order chi connectivity index (χ0) is 12.0. The van der Waals surface area contributed by atoms with Gasteiger partial charge in [0.05, 0.1) is 11.0 Å². The highest BCUT2D eigenvalue weighted by molar-refractivity contribution is 6.31. The Hall–Kier alpha value is -1.80. The van der Waals surface area contributed by atoms with Crippen molar-refractivity contribution in [1.82, 2.24) is 4.57 Å². The van der Waals surface area contributed by atoms with Gasteiger partial charge in [0.1, 0.15) is 0 Å². The normalized spacial score (nSPS) is 11.2. The molecule has 3 aromatic rings. The van der Waals surface area contributed by atoms with E-state index in [4.69, 9.17) is 11.6 Å². The van der Waals surface area contributed by atoms with Crippen molar-refractivity contribution in [3.05, 3.63) is 57.7 Å². The summed E-state index contributed by atoms with van der Waals surface area (Å²) in [5.74, 6) is 0. The third kappa shape index (κ3) is 1.45. The summed E-state index contributed by atoms with van der Waals surface area (Å²) in [6.45, 7) is 0. The zero-order valence-corrected chi connectivity index (χ0v) is 10.0. The minimum atomic E-state index is 0.0605. The minimum Gasteiger partial charge on any atom is -0.343 e. The summed E-state index contributed by atoms with van der Waals surface area (Å²) in [6.07, 6.45) is 0. The van der Waals surface area contributed by atoms with Crippen molar-refractivity contribution < 1.29 is 0 Å². The average molecular weight is 244 g/mol. The molecule has 0 aliphatic heterocycles. The van der Waals surface area contributed by atoms with Crippen molar-refractivity contribution in [1.29, 1.82) is 0 Å². The van der Waals surface area contributed by atoms with E-state index in [0.717, 1.165) is 16.4 Å². The Kier molecular flexibility index (Phi) is 2.20. The van der Waals surface area contributed by atoms with Crippen LogP contribution in [0.25, 0.3) is 21.8 Å². The van der Waals surface area contributed by atoms with Gasteiger partial charge in [-0.1, -0.05) is 23.7 Å². The molecule has 0 aliphatic carbocycles. The number of benzene rings is 2. The Labute approximate surface area is 103 Å². The molecule has 84 valence electrons. The number of pyridine rings is 1. The Bertz CT molecular complexity index is 789. The molecule has 0 unspecified atom stereocenters. The number of fused-ring (bicyclic) bond motifs is 2. The first-order valence-electron chi connectivity index (χ1n) is 5.35. The molecule has 0 atom stereocenters. The number of rotatable bonds is 0. The summed E-state index contributed by atoms with van der Waals surface area (Å²) in [4.78, 5) is 12.3. The molecular formula is C14H10ClNO. The third-order valence-corrected chi connectivity index (χ3v) is 3.31. The molecule has 0 spiro atoms. The molecule has 0 bridgehead atoms. The number of hydrogen-bond donors (Lipinski definition) is 0. The van der Waals surface area contributed by atoms with Crippen molar-refractivity contribution in [2.45, 2.75) is 0 Å². The molecule has 0 amide bonds. The van der Waals surface area contributed by atoms with E-state index in [1.165, 1.54) is 0 Å². The van der Waals surface area contributed by atoms with Gasteiger partial charge in [-0.2, -0.15) is 0 Å². The first-order valence-corrected chi connectivity index (χ1v) is 5.73. The van der Waals surface area contributed by atoms with E-state index in [9.17, 15) is 4.79 Å². The van der Waals surface area contributed by atoms with E-state index in [2.05, 4.69) is 0 Å². The number of halogens is 1. The molecule has 3 heteroatoms. The van der Waals surface area contributed by atoms with E-state index >= 15 is 0 Å². The number of aryl methyl sites for hydroxylation is 1. The second-order valence-electron chi connectivity index (χ2n) is 4.07. The van der Waals surface area contributed by atoms with Crippen LogP contribution in [0.2, 0.25) is 5.02 Å². The second kappa shape index (κ2) is 3.60. The van der Waals surface area contributed by atoms with Crippen LogP contribution in [0.3, 0.4) is 0 Å². The molecule has 0 saturated carbocycles. The summed E-state index contributed by atoms with van der Waals surface area (Å²) in [5, 5.41) is 2.09. The van der Waals surface area contributed by atoms with Gasteiger partial charge in [-0.05, 0) is 30.3 Å². The molecule has 0 radical (unpaired) electrons. The van der Waals surface area contributed by atoms with Gasteiger partial charge in [-0.15, -0.1) is 0 Å². The number of aromatic nitrogens is 1. The van der Waals surface area contributed by atoms with Gasteiger partial charge < -0.3 is 4.57 Å². The monoisotopic (exact) mass is 243 g/mol. The van der Waals surface area contributed by atoms with Gasteiger partial charge in [-0.3, -0.25) is 4.79 Å². The summed E-state index contributed by atoms with van der Waals surface area (Å²) < 4.78 is 2.00. The molecule has 1 heterocycles. The molecule has 0 fully saturated rings. The van der Waals surface area contributed by atoms with Crippen molar-refractivity contribution in [3.8, 4) is 0 Å². The smallest absolute Gasteiger partial charge is 0.197 e. The third-order valence-electron chi connectivity index (χ3n) is 3.08. The largest absolute Gasteiger partial charge is 0.343 e. The van der Waals surface area contributed by atoms with Crippen molar-refractivity contribution in [2.24, 2.45) is 7.05 Å². The Balaban J connectivity index is 2.68. The standard InChI is InChI=1S/C14H10ClNO/c1-16-12-5-3-2-4-10(12)14(17)11-7-6-9(15)8-13(11)16/h2-8H,1H3. The first-order chi connectivity index (χ1) is 8.18. The van der Waals surface area contributed by atoms with Gasteiger partial charge >= 0.3 is 0 Å². The van der Waals surface area contributed by atoms with Crippen LogP contribution < -0.4 is 5.43 Å². The summed E-state index contributed by atoms with van der Waals surface area (Å²) in [5.41, 5.74) is 1.85. The highest BCUT2D eigenvalue weighted by atomic mass is 35.5. The van der Waals surface area contributed by atoms with Crippen LogP contribution in [0.4, 0.5) is 0 Å². The maximum absolute atomic E-state index is 12.3. The van der Waals surface area contributed by atoms with E-state index in [0.29, 0.717) is 10.4 Å². The van der Waals surface area contributed by atoms with Crippen molar-refractivity contribution in [3.63, 3.8) is 0 Å². The molecule has 0 N–H and O–H groups in total. The van der Waals surface area contributed by atoms with E-state index in [1.54, 1.807) is 12.1 Å². The highest BCUT2D eigenvalue weighted by Gasteiger charge is 2.07. The Morgan fingerprint density at radius 3 is 2.53 bits per heavy atom. The first kappa shape index (κ1) is 10.4. The fourth-order valence-electron chi connectivity index (χ4n) is 2.21. The average Bonchev–Trinajstić information content (AvgIpc) is 2.36. The SMILES string of the molecule is Cn1c2ccccc2c(=O)c2ccc(Cl)cc21. The van der Waals surface area contributed by atoms with Crippen LogP contribution in [0.15, 0.2) is 47.3 Å². The lowest BCUT2D eigenvalue weighted by atomic mass is 10.1. The van der Waals surface area contributed by atoms with E-state index in [-0.39, 0.29) is 5.43 Å². The topological polar surface area (TPSA) is 22.0 Å². The Morgan fingerprint density at radius 1 is 1.00 bits per heavy atom. The quantitative estimate of drug-likeness (QED) is 0.555. The lowest BCUT2D eigenvalue weighted by molar-refractivity contribution is 1.00. The maximum atomic E-state index is 12.3. The molecule has 17 heavy (non-hydrogen) atoms. The van der Waals surface area contributed by atoms with Gasteiger partial charge in [0.15, 0.2) is 5.43 Å². The van der Waals surface area contributed by atoms with Crippen LogP contribution in [0.1, 0.15) is 0 Å². The van der Waals surface area contributed by atoms with E-state index < -0.39 is 0 Å². The molecule has 0 aliphatic rings. The minimum absolute atomic E-state index is 0.0605. The maximum Gasteiger partial charge on any atom is 0.197 e. The van der Waals surface area contributed by atoms with Gasteiger partial charge in [0.2, 0.25) is 0 Å². The summed E-state index contributed by atoms with van der Waals surface area (Å²) >= 11 is 5.98.